The highest BCUT2D eigenvalue weighted by Gasteiger charge is 2.34. The van der Waals surface area contributed by atoms with Crippen molar-refractivity contribution >= 4 is 5.57 Å². The molecule has 0 spiro atoms. The first-order chi connectivity index (χ1) is 7.78. The van der Waals surface area contributed by atoms with Gasteiger partial charge in [-0.3, -0.25) is 4.98 Å². The molecule has 1 aromatic heterocycles. The maximum atomic E-state index is 8.98. The first kappa shape index (κ1) is 9.56. The van der Waals surface area contributed by atoms with Gasteiger partial charge in [-0.15, -0.1) is 0 Å². The highest BCUT2D eigenvalue weighted by molar-refractivity contribution is 5.70. The molecule has 80 valence electrons. The summed E-state index contributed by atoms with van der Waals surface area (Å²) in [5, 5.41) is 12.4. The SMILES string of the molecule is Cc1ncc(C2=C[C@@H]3CN[C@@H]3C2)cc1C#N. The molecule has 3 nitrogen and oxygen atoms in total. The topological polar surface area (TPSA) is 48.7 Å². The van der Waals surface area contributed by atoms with Crippen LogP contribution in [0.5, 0.6) is 0 Å². The van der Waals surface area contributed by atoms with Crippen LogP contribution >= 0.6 is 0 Å². The summed E-state index contributed by atoms with van der Waals surface area (Å²) < 4.78 is 0. The van der Waals surface area contributed by atoms with Gasteiger partial charge in [-0.2, -0.15) is 5.26 Å². The van der Waals surface area contributed by atoms with E-state index in [9.17, 15) is 0 Å². The molecule has 1 aliphatic carbocycles. The fourth-order valence-electron chi connectivity index (χ4n) is 2.42. The van der Waals surface area contributed by atoms with Gasteiger partial charge >= 0.3 is 0 Å². The molecule has 1 aliphatic heterocycles. The smallest absolute Gasteiger partial charge is 0.101 e. The maximum Gasteiger partial charge on any atom is 0.101 e. The lowest BCUT2D eigenvalue weighted by Gasteiger charge is -2.31. The standard InChI is InChI=1S/C13H13N3/c1-8-10(5-14)3-11(6-15-8)9-2-12-7-16-13(12)4-9/h2-3,6,12-13,16H,4,7H2,1H3/t12-,13-/m1/s1. The van der Waals surface area contributed by atoms with E-state index < -0.39 is 0 Å². The number of pyridine rings is 1. The number of fused-ring (bicyclic) bond motifs is 1. The van der Waals surface area contributed by atoms with Gasteiger partial charge in [0.05, 0.1) is 11.3 Å². The predicted octanol–water partition coefficient (Wildman–Crippen LogP) is 1.64. The molecule has 0 saturated carbocycles. The van der Waals surface area contributed by atoms with Gasteiger partial charge in [-0.05, 0) is 30.5 Å². The molecule has 0 bridgehead atoms. The Kier molecular flexibility index (Phi) is 2.05. The second-order valence-electron chi connectivity index (χ2n) is 4.54. The molecule has 1 fully saturated rings. The number of nitrogens with zero attached hydrogens (tertiary/aromatic N) is 2. The van der Waals surface area contributed by atoms with Crippen molar-refractivity contribution in [3.63, 3.8) is 0 Å². The minimum Gasteiger partial charge on any atom is -0.312 e. The van der Waals surface area contributed by atoms with Crippen LogP contribution in [0.25, 0.3) is 5.57 Å². The summed E-state index contributed by atoms with van der Waals surface area (Å²) in [7, 11) is 0. The van der Waals surface area contributed by atoms with Crippen molar-refractivity contribution in [2.24, 2.45) is 5.92 Å². The van der Waals surface area contributed by atoms with Crippen LogP contribution in [0.15, 0.2) is 18.3 Å². The number of nitrogens with one attached hydrogen (secondary N) is 1. The molecule has 1 saturated heterocycles. The Morgan fingerprint density at radius 1 is 1.56 bits per heavy atom. The van der Waals surface area contributed by atoms with Crippen LogP contribution < -0.4 is 5.32 Å². The number of nitriles is 1. The third-order valence-corrected chi connectivity index (χ3v) is 3.57. The molecule has 2 aliphatic rings. The average molecular weight is 211 g/mol. The van der Waals surface area contributed by atoms with E-state index in [1.165, 1.54) is 5.57 Å². The van der Waals surface area contributed by atoms with Crippen molar-refractivity contribution in [1.29, 1.82) is 5.26 Å². The van der Waals surface area contributed by atoms with E-state index in [0.717, 1.165) is 24.2 Å². The molecule has 2 atom stereocenters. The summed E-state index contributed by atoms with van der Waals surface area (Å²) in [4.78, 5) is 4.28. The molecule has 1 aromatic rings. The van der Waals surface area contributed by atoms with Crippen molar-refractivity contribution in [1.82, 2.24) is 10.3 Å². The van der Waals surface area contributed by atoms with Gasteiger partial charge in [0.1, 0.15) is 6.07 Å². The summed E-state index contributed by atoms with van der Waals surface area (Å²) in [5.41, 5.74) is 3.94. The first-order valence-electron chi connectivity index (χ1n) is 5.59. The lowest BCUT2D eigenvalue weighted by atomic mass is 9.95. The highest BCUT2D eigenvalue weighted by atomic mass is 15.0. The fraction of sp³-hybridized carbons (Fsp3) is 0.385. The summed E-state index contributed by atoms with van der Waals surface area (Å²) in [6, 6.07) is 4.78. The average Bonchev–Trinajstić information content (AvgIpc) is 2.56. The summed E-state index contributed by atoms with van der Waals surface area (Å²) in [6.07, 6.45) is 5.28. The van der Waals surface area contributed by atoms with Crippen molar-refractivity contribution in [2.75, 3.05) is 6.54 Å². The zero-order valence-electron chi connectivity index (χ0n) is 9.20. The van der Waals surface area contributed by atoms with Gasteiger partial charge < -0.3 is 5.32 Å². The van der Waals surface area contributed by atoms with Crippen molar-refractivity contribution in [3.05, 3.63) is 35.2 Å². The van der Waals surface area contributed by atoms with Gasteiger partial charge in [0.2, 0.25) is 0 Å². The number of aryl methyl sites for hydroxylation is 1. The summed E-state index contributed by atoms with van der Waals surface area (Å²) in [5.74, 6) is 0.696. The fourth-order valence-corrected chi connectivity index (χ4v) is 2.42. The van der Waals surface area contributed by atoms with Crippen LogP contribution in [-0.4, -0.2) is 17.6 Å². The van der Waals surface area contributed by atoms with E-state index in [1.807, 2.05) is 19.2 Å². The Hall–Kier alpha value is -1.66. The van der Waals surface area contributed by atoms with Gasteiger partial charge in [-0.1, -0.05) is 6.08 Å². The van der Waals surface area contributed by atoms with Crippen LogP contribution in [0.2, 0.25) is 0 Å². The molecule has 0 unspecified atom stereocenters. The second-order valence-corrected chi connectivity index (χ2v) is 4.54. The van der Waals surface area contributed by atoms with Crippen LogP contribution in [0.4, 0.5) is 0 Å². The molecular formula is C13H13N3. The number of aromatic nitrogens is 1. The van der Waals surface area contributed by atoms with E-state index in [0.29, 0.717) is 17.5 Å². The molecule has 2 heterocycles. The van der Waals surface area contributed by atoms with Gasteiger partial charge in [0.15, 0.2) is 0 Å². The van der Waals surface area contributed by atoms with Gasteiger partial charge in [0, 0.05) is 24.7 Å². The van der Waals surface area contributed by atoms with Crippen LogP contribution in [-0.2, 0) is 0 Å². The van der Waals surface area contributed by atoms with E-state index in [-0.39, 0.29) is 0 Å². The normalized spacial score (nSPS) is 26.6. The monoisotopic (exact) mass is 211 g/mol. The van der Waals surface area contributed by atoms with Crippen molar-refractivity contribution in [2.45, 2.75) is 19.4 Å². The molecule has 3 rings (SSSR count). The zero-order chi connectivity index (χ0) is 11.1. The minimum atomic E-state index is 0.627. The highest BCUT2D eigenvalue weighted by Crippen LogP contribution is 2.35. The molecule has 0 amide bonds. The lowest BCUT2D eigenvalue weighted by molar-refractivity contribution is 0.306. The minimum absolute atomic E-state index is 0.627. The Labute approximate surface area is 94.8 Å². The van der Waals surface area contributed by atoms with Gasteiger partial charge in [0.25, 0.3) is 0 Å². The largest absolute Gasteiger partial charge is 0.312 e. The maximum absolute atomic E-state index is 8.98. The number of rotatable bonds is 1. The quantitative estimate of drug-likeness (QED) is 0.768. The zero-order valence-corrected chi connectivity index (χ0v) is 9.20. The molecule has 0 radical (unpaired) electrons. The third-order valence-electron chi connectivity index (χ3n) is 3.57. The van der Waals surface area contributed by atoms with Crippen molar-refractivity contribution < 1.29 is 0 Å². The summed E-state index contributed by atoms with van der Waals surface area (Å²) in [6.45, 7) is 2.97. The van der Waals surface area contributed by atoms with E-state index in [1.54, 1.807) is 0 Å². The van der Waals surface area contributed by atoms with Gasteiger partial charge in [-0.25, -0.2) is 0 Å². The van der Waals surface area contributed by atoms with Crippen LogP contribution in [0, 0.1) is 24.2 Å². The van der Waals surface area contributed by atoms with E-state index in [4.69, 9.17) is 5.26 Å². The molecular weight excluding hydrogens is 198 g/mol. The molecule has 3 heteroatoms. The Morgan fingerprint density at radius 3 is 3.00 bits per heavy atom. The van der Waals surface area contributed by atoms with Crippen molar-refractivity contribution in [3.8, 4) is 6.07 Å². The van der Waals surface area contributed by atoms with Crippen LogP contribution in [0.1, 0.15) is 23.2 Å². The summed E-state index contributed by atoms with van der Waals surface area (Å²) >= 11 is 0. The molecule has 0 aromatic carbocycles. The van der Waals surface area contributed by atoms with E-state index >= 15 is 0 Å². The number of hydrogen-bond acceptors (Lipinski definition) is 3. The van der Waals surface area contributed by atoms with Crippen LogP contribution in [0.3, 0.4) is 0 Å². The third kappa shape index (κ3) is 1.35. The number of hydrogen-bond donors (Lipinski definition) is 1. The first-order valence-corrected chi connectivity index (χ1v) is 5.59. The lowest BCUT2D eigenvalue weighted by Crippen LogP contribution is -2.49. The second kappa shape index (κ2) is 3.43. The Morgan fingerprint density at radius 2 is 2.44 bits per heavy atom. The van der Waals surface area contributed by atoms with E-state index in [2.05, 4.69) is 22.4 Å². The Balaban J connectivity index is 1.96. The molecule has 16 heavy (non-hydrogen) atoms. The molecule has 1 N–H and O–H groups in total. The Bertz CT molecular complexity index is 510. The predicted molar refractivity (Wildman–Crippen MR) is 61.6 cm³/mol.